The number of anilines is 1. The lowest BCUT2D eigenvalue weighted by Crippen LogP contribution is -2.20. The van der Waals surface area contributed by atoms with E-state index in [2.05, 4.69) is 24.7 Å². The fourth-order valence-corrected chi connectivity index (χ4v) is 4.27. The molecule has 2 N–H and O–H groups in total. The second kappa shape index (κ2) is 12.1. The van der Waals surface area contributed by atoms with E-state index in [9.17, 15) is 13.5 Å². The highest BCUT2D eigenvalue weighted by molar-refractivity contribution is 7.92. The van der Waals surface area contributed by atoms with E-state index in [-0.39, 0.29) is 54.4 Å². The molecule has 192 valence electrons. The lowest BCUT2D eigenvalue weighted by Gasteiger charge is -2.18. The van der Waals surface area contributed by atoms with Crippen molar-refractivity contribution in [1.29, 1.82) is 0 Å². The Morgan fingerprint density at radius 2 is 1.70 bits per heavy atom. The van der Waals surface area contributed by atoms with Crippen LogP contribution in [0, 0.1) is 0 Å². The zero-order valence-corrected chi connectivity index (χ0v) is 20.8. The monoisotopic (exact) mass is 523 g/mol. The van der Waals surface area contributed by atoms with Gasteiger partial charge in [-0.25, -0.2) is 13.4 Å². The van der Waals surface area contributed by atoms with Crippen molar-refractivity contribution in [2.24, 2.45) is 0 Å². The van der Waals surface area contributed by atoms with E-state index < -0.39 is 10.0 Å². The molecule has 3 aromatic heterocycles. The van der Waals surface area contributed by atoms with Crippen molar-refractivity contribution in [3.05, 3.63) is 78.9 Å². The largest absolute Gasteiger partial charge is 0.493 e. The summed E-state index contributed by atoms with van der Waals surface area (Å²) in [5, 5.41) is 9.36. The van der Waals surface area contributed by atoms with Crippen LogP contribution in [-0.2, 0) is 16.4 Å². The van der Waals surface area contributed by atoms with Crippen molar-refractivity contribution < 1.29 is 27.7 Å². The molecule has 0 saturated carbocycles. The van der Waals surface area contributed by atoms with E-state index in [4.69, 9.17) is 14.2 Å². The SMILES string of the molecule is COc1ccccc1Oc1c(NS(=O)(=O)CCc2ccccn2)nc(-c2ccncc2)nc1OCCO. The Bertz CT molecular complexity index is 1420. The first-order chi connectivity index (χ1) is 18.0. The van der Waals surface area contributed by atoms with Gasteiger partial charge in [0.25, 0.3) is 5.88 Å². The summed E-state index contributed by atoms with van der Waals surface area (Å²) >= 11 is 0. The lowest BCUT2D eigenvalue weighted by molar-refractivity contribution is 0.192. The Kier molecular flexibility index (Phi) is 8.44. The summed E-state index contributed by atoms with van der Waals surface area (Å²) in [5.41, 5.74) is 1.20. The molecule has 4 rings (SSSR count). The van der Waals surface area contributed by atoms with Crippen LogP contribution in [0.1, 0.15) is 5.69 Å². The van der Waals surface area contributed by atoms with Gasteiger partial charge in [-0.3, -0.25) is 14.7 Å². The van der Waals surface area contributed by atoms with Gasteiger partial charge in [-0.2, -0.15) is 4.98 Å². The first kappa shape index (κ1) is 25.8. The molecule has 0 radical (unpaired) electrons. The molecule has 0 atom stereocenters. The third-order valence-electron chi connectivity index (χ3n) is 4.99. The zero-order chi connectivity index (χ0) is 26.1. The summed E-state index contributed by atoms with van der Waals surface area (Å²) in [5.74, 6) is 0.318. The van der Waals surface area contributed by atoms with E-state index >= 15 is 0 Å². The molecule has 0 aliphatic rings. The number of hydrogen-bond donors (Lipinski definition) is 2. The zero-order valence-electron chi connectivity index (χ0n) is 19.9. The Hall–Kier alpha value is -4.29. The second-order valence-electron chi connectivity index (χ2n) is 7.58. The van der Waals surface area contributed by atoms with Gasteiger partial charge in [0.15, 0.2) is 23.1 Å². The van der Waals surface area contributed by atoms with Crippen LogP contribution in [0.5, 0.6) is 23.1 Å². The molecule has 0 bridgehead atoms. The quantitative estimate of drug-likeness (QED) is 0.284. The summed E-state index contributed by atoms with van der Waals surface area (Å²) < 4.78 is 45.8. The molecule has 0 saturated heterocycles. The highest BCUT2D eigenvalue weighted by Gasteiger charge is 2.24. The maximum Gasteiger partial charge on any atom is 0.263 e. The van der Waals surface area contributed by atoms with Crippen molar-refractivity contribution >= 4 is 15.8 Å². The van der Waals surface area contributed by atoms with E-state index in [0.29, 0.717) is 17.0 Å². The van der Waals surface area contributed by atoms with Crippen LogP contribution in [0.15, 0.2) is 73.2 Å². The van der Waals surface area contributed by atoms with Gasteiger partial charge in [-0.1, -0.05) is 18.2 Å². The summed E-state index contributed by atoms with van der Waals surface area (Å²) in [7, 11) is -2.43. The molecular formula is C25H25N5O6S. The Morgan fingerprint density at radius 1 is 0.946 bits per heavy atom. The minimum atomic E-state index is -3.91. The smallest absolute Gasteiger partial charge is 0.263 e. The summed E-state index contributed by atoms with van der Waals surface area (Å²) in [6, 6.07) is 15.5. The Balaban J connectivity index is 1.77. The minimum Gasteiger partial charge on any atom is -0.493 e. The third kappa shape index (κ3) is 6.90. The number of aliphatic hydroxyl groups excluding tert-OH is 1. The molecule has 3 heterocycles. The van der Waals surface area contributed by atoms with Gasteiger partial charge in [0.2, 0.25) is 15.8 Å². The number of methoxy groups -OCH3 is 1. The predicted molar refractivity (Wildman–Crippen MR) is 136 cm³/mol. The number of hydrogen-bond acceptors (Lipinski definition) is 10. The fraction of sp³-hybridized carbons (Fsp3) is 0.200. The average Bonchev–Trinajstić information content (AvgIpc) is 2.93. The number of aliphatic hydroxyl groups is 1. The fourth-order valence-electron chi connectivity index (χ4n) is 3.26. The van der Waals surface area contributed by atoms with Gasteiger partial charge in [-0.15, -0.1) is 0 Å². The van der Waals surface area contributed by atoms with Crippen LogP contribution in [0.25, 0.3) is 11.4 Å². The number of sulfonamides is 1. The number of benzene rings is 1. The molecule has 0 aliphatic carbocycles. The molecular weight excluding hydrogens is 498 g/mol. The molecule has 1 aromatic carbocycles. The van der Waals surface area contributed by atoms with Gasteiger partial charge in [0.05, 0.1) is 19.5 Å². The van der Waals surface area contributed by atoms with Crippen molar-refractivity contribution in [3.63, 3.8) is 0 Å². The first-order valence-electron chi connectivity index (χ1n) is 11.3. The standard InChI is InChI=1S/C25H25N5O6S/c1-34-20-7-2-3-8-21(20)36-22-24(30-37(32,33)17-11-19-6-4-5-12-27-19)28-23(18-9-13-26-14-10-18)29-25(22)35-16-15-31/h2-10,12-14,31H,11,15-17H2,1H3,(H,28,29,30). The topological polar surface area (TPSA) is 146 Å². The van der Waals surface area contributed by atoms with Crippen molar-refractivity contribution in [2.75, 3.05) is 30.8 Å². The summed E-state index contributed by atoms with van der Waals surface area (Å²) in [6.45, 7) is -0.408. The van der Waals surface area contributed by atoms with Crippen molar-refractivity contribution in [3.8, 4) is 34.5 Å². The first-order valence-corrected chi connectivity index (χ1v) is 12.9. The number of aromatic nitrogens is 4. The number of pyridine rings is 2. The maximum absolute atomic E-state index is 13.1. The second-order valence-corrected chi connectivity index (χ2v) is 9.42. The van der Waals surface area contributed by atoms with Crippen molar-refractivity contribution in [2.45, 2.75) is 6.42 Å². The Labute approximate surface area is 214 Å². The highest BCUT2D eigenvalue weighted by atomic mass is 32.2. The molecule has 37 heavy (non-hydrogen) atoms. The number of nitrogens with one attached hydrogen (secondary N) is 1. The van der Waals surface area contributed by atoms with Crippen LogP contribution in [0.4, 0.5) is 5.82 Å². The number of nitrogens with zero attached hydrogens (tertiary/aromatic N) is 4. The minimum absolute atomic E-state index is 0.0656. The Morgan fingerprint density at radius 3 is 2.41 bits per heavy atom. The molecule has 0 fully saturated rings. The average molecular weight is 524 g/mol. The van der Waals surface area contributed by atoms with E-state index in [1.165, 1.54) is 7.11 Å². The molecule has 11 nitrogen and oxygen atoms in total. The lowest BCUT2D eigenvalue weighted by atomic mass is 10.2. The number of rotatable bonds is 12. The van der Waals surface area contributed by atoms with Crippen LogP contribution >= 0.6 is 0 Å². The molecule has 12 heteroatoms. The number of ether oxygens (including phenoxy) is 3. The van der Waals surface area contributed by atoms with Crippen LogP contribution < -0.4 is 18.9 Å². The number of aryl methyl sites for hydroxylation is 1. The van der Waals surface area contributed by atoms with Crippen LogP contribution in [-0.4, -0.2) is 59.5 Å². The highest BCUT2D eigenvalue weighted by Crippen LogP contribution is 2.41. The van der Waals surface area contributed by atoms with Crippen LogP contribution in [0.3, 0.4) is 0 Å². The normalized spacial score (nSPS) is 11.1. The maximum atomic E-state index is 13.1. The third-order valence-corrected chi connectivity index (χ3v) is 6.24. The molecule has 4 aromatic rings. The molecule has 0 spiro atoms. The summed E-state index contributed by atoms with van der Waals surface area (Å²) in [4.78, 5) is 17.1. The summed E-state index contributed by atoms with van der Waals surface area (Å²) in [6.07, 6.45) is 4.91. The van der Waals surface area contributed by atoms with Gasteiger partial charge < -0.3 is 19.3 Å². The molecule has 0 amide bonds. The number of para-hydroxylation sites is 2. The predicted octanol–water partition coefficient (Wildman–Crippen LogP) is 3.09. The van der Waals surface area contributed by atoms with Crippen molar-refractivity contribution in [1.82, 2.24) is 19.9 Å². The van der Waals surface area contributed by atoms with Crippen LogP contribution in [0.2, 0.25) is 0 Å². The van der Waals surface area contributed by atoms with Gasteiger partial charge in [0, 0.05) is 36.3 Å². The van der Waals surface area contributed by atoms with E-state index in [1.54, 1.807) is 73.2 Å². The molecule has 0 unspecified atom stereocenters. The van der Waals surface area contributed by atoms with Gasteiger partial charge in [-0.05, 0) is 36.4 Å². The molecule has 0 aliphatic heterocycles. The van der Waals surface area contributed by atoms with E-state index in [1.807, 2.05) is 0 Å². The van der Waals surface area contributed by atoms with E-state index in [0.717, 1.165) is 0 Å². The van der Waals surface area contributed by atoms with Gasteiger partial charge in [0.1, 0.15) is 6.61 Å². The van der Waals surface area contributed by atoms with Gasteiger partial charge >= 0.3 is 0 Å².